The number of benzene rings is 3. The summed E-state index contributed by atoms with van der Waals surface area (Å²) in [6.45, 7) is 0.149. The highest BCUT2D eigenvalue weighted by Crippen LogP contribution is 2.35. The molecule has 0 unspecified atom stereocenters. The maximum atomic E-state index is 13.1. The van der Waals surface area contributed by atoms with Crippen molar-refractivity contribution in [2.24, 2.45) is 5.73 Å². The number of hydrogen-bond donors (Lipinski definition) is 4. The van der Waals surface area contributed by atoms with Crippen molar-refractivity contribution in [3.8, 4) is 16.9 Å². The molecule has 31 heavy (non-hydrogen) atoms. The van der Waals surface area contributed by atoms with Crippen LogP contribution in [0, 0.1) is 0 Å². The number of phenolic OH excluding ortho intramolecular Hbond substituents is 1. The van der Waals surface area contributed by atoms with E-state index < -0.39 is 32.5 Å². The molecule has 3 aromatic carbocycles. The Morgan fingerprint density at radius 1 is 1.06 bits per heavy atom. The molecule has 158 valence electrons. The lowest BCUT2D eigenvalue weighted by Gasteiger charge is -2.15. The van der Waals surface area contributed by atoms with E-state index in [0.717, 1.165) is 17.2 Å². The number of halogens is 1. The Hall–Kier alpha value is -3.56. The SMILES string of the molecule is NC(=O)c1ccc2cc1NS(=O)(=O)c1cc(cc(Cl)c1O)C(=O)NCc1ccccc1-2. The summed E-state index contributed by atoms with van der Waals surface area (Å²) in [5.74, 6) is -2.13. The Morgan fingerprint density at radius 2 is 1.81 bits per heavy atom. The summed E-state index contributed by atoms with van der Waals surface area (Å²) in [7, 11) is -4.44. The van der Waals surface area contributed by atoms with Gasteiger partial charge in [-0.25, -0.2) is 8.42 Å². The van der Waals surface area contributed by atoms with Gasteiger partial charge in [-0.3, -0.25) is 14.3 Å². The Labute approximate surface area is 182 Å². The third-order valence-corrected chi connectivity index (χ3v) is 6.54. The molecule has 0 aliphatic carbocycles. The number of carbonyl (C=O) groups is 2. The summed E-state index contributed by atoms with van der Waals surface area (Å²) in [5, 5.41) is 12.7. The maximum Gasteiger partial charge on any atom is 0.265 e. The number of nitrogens with two attached hydrogens (primary N) is 1. The Morgan fingerprint density at radius 3 is 2.55 bits per heavy atom. The second-order valence-corrected chi connectivity index (χ2v) is 8.93. The third-order valence-electron chi connectivity index (χ3n) is 4.88. The molecule has 3 aromatic rings. The molecule has 0 saturated carbocycles. The van der Waals surface area contributed by atoms with Gasteiger partial charge in [0.1, 0.15) is 4.90 Å². The molecule has 0 atom stereocenters. The summed E-state index contributed by atoms with van der Waals surface area (Å²) in [6.07, 6.45) is 0. The van der Waals surface area contributed by atoms with E-state index in [1.54, 1.807) is 24.3 Å². The number of aromatic hydroxyl groups is 1. The number of sulfonamides is 1. The number of anilines is 1. The molecule has 0 aromatic heterocycles. The summed E-state index contributed by atoms with van der Waals surface area (Å²) in [4.78, 5) is 24.0. The van der Waals surface area contributed by atoms with Crippen molar-refractivity contribution in [2.45, 2.75) is 11.4 Å². The lowest BCUT2D eigenvalue weighted by atomic mass is 9.97. The number of rotatable bonds is 1. The number of fused-ring (bicyclic) bond motifs is 6. The topological polar surface area (TPSA) is 139 Å². The standard InChI is InChI=1S/C21H16ClN3O5S/c22-16-7-13-9-18(19(16)26)31(29,30)25-17-8-11(5-6-15(17)20(23)27)14-4-2-1-3-12(14)10-24-21(13)28/h1-9,25-26H,10H2,(H2,23,27)(H,24,28). The average molecular weight is 458 g/mol. The molecule has 1 heterocycles. The van der Waals surface area contributed by atoms with Gasteiger partial charge in [-0.15, -0.1) is 0 Å². The van der Waals surface area contributed by atoms with Crippen molar-refractivity contribution in [1.82, 2.24) is 5.32 Å². The van der Waals surface area contributed by atoms with Gasteiger partial charge in [0.15, 0.2) is 5.75 Å². The first-order valence-electron chi connectivity index (χ1n) is 9.03. The number of amides is 2. The molecule has 0 radical (unpaired) electrons. The number of phenols is 1. The molecule has 0 spiro atoms. The number of nitrogens with one attached hydrogen (secondary N) is 2. The van der Waals surface area contributed by atoms with Gasteiger partial charge in [0, 0.05) is 12.1 Å². The summed E-state index contributed by atoms with van der Waals surface area (Å²) >= 11 is 5.98. The molecular formula is C21H16ClN3O5S. The van der Waals surface area contributed by atoms with Crippen molar-refractivity contribution in [1.29, 1.82) is 0 Å². The van der Waals surface area contributed by atoms with Crippen LogP contribution >= 0.6 is 11.6 Å². The molecular weight excluding hydrogens is 442 g/mol. The molecule has 5 N–H and O–H groups in total. The first-order valence-corrected chi connectivity index (χ1v) is 10.9. The molecule has 8 nitrogen and oxygen atoms in total. The number of primary amides is 1. The van der Waals surface area contributed by atoms with Gasteiger partial charge in [0.05, 0.1) is 16.3 Å². The van der Waals surface area contributed by atoms with Crippen molar-refractivity contribution in [3.63, 3.8) is 0 Å². The fourth-order valence-electron chi connectivity index (χ4n) is 3.35. The highest BCUT2D eigenvalue weighted by atomic mass is 35.5. The predicted molar refractivity (Wildman–Crippen MR) is 115 cm³/mol. The fourth-order valence-corrected chi connectivity index (χ4v) is 4.84. The van der Waals surface area contributed by atoms with Crippen LogP contribution in [0.3, 0.4) is 0 Å². The van der Waals surface area contributed by atoms with Crippen LogP contribution in [0.15, 0.2) is 59.5 Å². The quantitative estimate of drug-likeness (QED) is 0.445. The van der Waals surface area contributed by atoms with Crippen LogP contribution in [-0.4, -0.2) is 25.3 Å². The first-order chi connectivity index (χ1) is 14.7. The second kappa shape index (κ2) is 7.60. The smallest absolute Gasteiger partial charge is 0.265 e. The lowest BCUT2D eigenvalue weighted by Crippen LogP contribution is -2.23. The van der Waals surface area contributed by atoms with Gasteiger partial charge >= 0.3 is 0 Å². The highest BCUT2D eigenvalue weighted by Gasteiger charge is 2.26. The van der Waals surface area contributed by atoms with Crippen LogP contribution in [0.5, 0.6) is 5.75 Å². The van der Waals surface area contributed by atoms with E-state index in [9.17, 15) is 23.1 Å². The Bertz CT molecular complexity index is 1360. The van der Waals surface area contributed by atoms with Crippen LogP contribution in [0.4, 0.5) is 5.69 Å². The minimum Gasteiger partial charge on any atom is -0.505 e. The summed E-state index contributed by atoms with van der Waals surface area (Å²) in [5.41, 5.74) is 7.33. The number of carbonyl (C=O) groups excluding carboxylic acids is 2. The van der Waals surface area contributed by atoms with Gasteiger partial charge in [0.25, 0.3) is 21.8 Å². The van der Waals surface area contributed by atoms with Crippen molar-refractivity contribution < 1.29 is 23.1 Å². The van der Waals surface area contributed by atoms with E-state index in [2.05, 4.69) is 10.0 Å². The Balaban J connectivity index is 2.02. The number of hydrogen-bond acceptors (Lipinski definition) is 5. The Kier molecular flexibility index (Phi) is 5.08. The molecule has 0 fully saturated rings. The zero-order chi connectivity index (χ0) is 22.3. The van der Waals surface area contributed by atoms with Crippen LogP contribution in [0.2, 0.25) is 5.02 Å². The van der Waals surface area contributed by atoms with E-state index in [1.807, 2.05) is 6.07 Å². The molecule has 0 saturated heterocycles. The van der Waals surface area contributed by atoms with Gasteiger partial charge in [0.2, 0.25) is 0 Å². The second-order valence-electron chi connectivity index (χ2n) is 6.87. The van der Waals surface area contributed by atoms with Crippen LogP contribution in [-0.2, 0) is 16.6 Å². The molecule has 2 amide bonds. The predicted octanol–water partition coefficient (Wildman–Crippen LogP) is 2.86. The highest BCUT2D eigenvalue weighted by molar-refractivity contribution is 7.92. The van der Waals surface area contributed by atoms with E-state index in [4.69, 9.17) is 17.3 Å². The van der Waals surface area contributed by atoms with Crippen LogP contribution in [0.25, 0.3) is 11.1 Å². The van der Waals surface area contributed by atoms with Gasteiger partial charge in [-0.1, -0.05) is 41.9 Å². The minimum atomic E-state index is -4.44. The normalized spacial score (nSPS) is 14.7. The minimum absolute atomic E-state index is 0.0539. The van der Waals surface area contributed by atoms with Crippen LogP contribution < -0.4 is 15.8 Å². The van der Waals surface area contributed by atoms with Crippen molar-refractivity contribution in [2.75, 3.05) is 4.72 Å². The molecule has 1 aliphatic rings. The van der Waals surface area contributed by atoms with Gasteiger partial charge in [-0.05, 0) is 41.0 Å². The van der Waals surface area contributed by atoms with E-state index in [1.165, 1.54) is 18.2 Å². The molecule has 10 heteroatoms. The first kappa shape index (κ1) is 20.7. The molecule has 1 aliphatic heterocycles. The van der Waals surface area contributed by atoms with E-state index in [0.29, 0.717) is 5.56 Å². The largest absolute Gasteiger partial charge is 0.505 e. The summed E-state index contributed by atoms with van der Waals surface area (Å²) in [6, 6.07) is 13.9. The van der Waals surface area contributed by atoms with Gasteiger partial charge < -0.3 is 16.2 Å². The zero-order valence-electron chi connectivity index (χ0n) is 15.8. The van der Waals surface area contributed by atoms with E-state index >= 15 is 0 Å². The van der Waals surface area contributed by atoms with Gasteiger partial charge in [-0.2, -0.15) is 0 Å². The summed E-state index contributed by atoms with van der Waals surface area (Å²) < 4.78 is 28.4. The lowest BCUT2D eigenvalue weighted by molar-refractivity contribution is 0.0949. The fraction of sp³-hybridized carbons (Fsp3) is 0.0476. The van der Waals surface area contributed by atoms with Crippen molar-refractivity contribution >= 4 is 39.1 Å². The van der Waals surface area contributed by atoms with Crippen molar-refractivity contribution in [3.05, 3.63) is 76.3 Å². The van der Waals surface area contributed by atoms with E-state index in [-0.39, 0.29) is 28.4 Å². The molecule has 4 rings (SSSR count). The van der Waals surface area contributed by atoms with Crippen LogP contribution in [0.1, 0.15) is 26.3 Å². The maximum absolute atomic E-state index is 13.1. The zero-order valence-corrected chi connectivity index (χ0v) is 17.4. The average Bonchev–Trinajstić information content (AvgIpc) is 2.73. The third kappa shape index (κ3) is 3.80. The molecule has 4 bridgehead atoms. The monoisotopic (exact) mass is 457 g/mol.